The van der Waals surface area contributed by atoms with Crippen LogP contribution in [0.4, 0.5) is 0 Å². The first-order valence-electron chi connectivity index (χ1n) is 4.52. The first-order chi connectivity index (χ1) is 7.15. The van der Waals surface area contributed by atoms with Gasteiger partial charge in [0.1, 0.15) is 0 Å². The van der Waals surface area contributed by atoms with Gasteiger partial charge in [0.15, 0.2) is 0 Å². The second-order valence-electron chi connectivity index (χ2n) is 3.23. The molecule has 0 saturated carbocycles. The van der Waals surface area contributed by atoms with Crippen molar-refractivity contribution in [2.24, 2.45) is 0 Å². The Morgan fingerprint density at radius 3 is 2.87 bits per heavy atom. The minimum atomic E-state index is -0.374. The summed E-state index contributed by atoms with van der Waals surface area (Å²) in [6, 6.07) is 1.77. The summed E-state index contributed by atoms with van der Waals surface area (Å²) in [4.78, 5) is 17.2. The third-order valence-electron chi connectivity index (χ3n) is 1.81. The molecule has 0 amide bonds. The SMILES string of the molecule is COC(=O)c1cnccc1/C=C/N(C)C. The third-order valence-corrected chi connectivity index (χ3v) is 1.81. The number of aromatic nitrogens is 1. The first kappa shape index (κ1) is 11.2. The maximum absolute atomic E-state index is 11.4. The number of methoxy groups -OCH3 is 1. The molecule has 1 aromatic rings. The number of rotatable bonds is 3. The van der Waals surface area contributed by atoms with Crippen molar-refractivity contribution < 1.29 is 9.53 Å². The van der Waals surface area contributed by atoms with Gasteiger partial charge in [-0.1, -0.05) is 0 Å². The van der Waals surface area contributed by atoms with Crippen molar-refractivity contribution in [2.45, 2.75) is 0 Å². The van der Waals surface area contributed by atoms with Crippen molar-refractivity contribution in [3.8, 4) is 0 Å². The second-order valence-corrected chi connectivity index (χ2v) is 3.23. The summed E-state index contributed by atoms with van der Waals surface area (Å²) in [6.07, 6.45) is 6.85. The lowest BCUT2D eigenvalue weighted by Crippen LogP contribution is -2.05. The molecule has 80 valence electrons. The molecule has 0 radical (unpaired) electrons. The van der Waals surface area contributed by atoms with Crippen LogP contribution in [0.2, 0.25) is 0 Å². The summed E-state index contributed by atoms with van der Waals surface area (Å²) in [5, 5.41) is 0. The van der Waals surface area contributed by atoms with Gasteiger partial charge in [0, 0.05) is 26.5 Å². The van der Waals surface area contributed by atoms with Gasteiger partial charge in [-0.3, -0.25) is 4.98 Å². The topological polar surface area (TPSA) is 42.4 Å². The maximum atomic E-state index is 11.4. The molecule has 0 bridgehead atoms. The molecule has 1 heterocycles. The van der Waals surface area contributed by atoms with Crippen LogP contribution in [0.15, 0.2) is 24.7 Å². The van der Waals surface area contributed by atoms with Crippen LogP contribution in [-0.4, -0.2) is 37.1 Å². The smallest absolute Gasteiger partial charge is 0.340 e. The summed E-state index contributed by atoms with van der Waals surface area (Å²) in [7, 11) is 5.18. The van der Waals surface area contributed by atoms with Crippen LogP contribution in [0, 0.1) is 0 Å². The molecule has 4 nitrogen and oxygen atoms in total. The minimum absolute atomic E-state index is 0.374. The lowest BCUT2D eigenvalue weighted by atomic mass is 10.1. The predicted octanol–water partition coefficient (Wildman–Crippen LogP) is 1.40. The van der Waals surface area contributed by atoms with Gasteiger partial charge in [-0.05, 0) is 23.9 Å². The number of hydrogen-bond donors (Lipinski definition) is 0. The van der Waals surface area contributed by atoms with Crippen LogP contribution in [0.5, 0.6) is 0 Å². The molecule has 0 fully saturated rings. The fourth-order valence-electron chi connectivity index (χ4n) is 1.06. The van der Waals surface area contributed by atoms with Crippen molar-refractivity contribution >= 4 is 12.0 Å². The van der Waals surface area contributed by atoms with Crippen molar-refractivity contribution in [2.75, 3.05) is 21.2 Å². The Labute approximate surface area is 89.2 Å². The monoisotopic (exact) mass is 206 g/mol. The number of pyridine rings is 1. The maximum Gasteiger partial charge on any atom is 0.340 e. The van der Waals surface area contributed by atoms with Crippen LogP contribution in [-0.2, 0) is 4.74 Å². The second kappa shape index (κ2) is 5.14. The Kier molecular flexibility index (Phi) is 3.85. The van der Waals surface area contributed by atoms with E-state index in [1.165, 1.54) is 13.3 Å². The van der Waals surface area contributed by atoms with Gasteiger partial charge >= 0.3 is 5.97 Å². The van der Waals surface area contributed by atoms with Crippen LogP contribution in [0.1, 0.15) is 15.9 Å². The highest BCUT2D eigenvalue weighted by Gasteiger charge is 2.09. The number of carbonyl (C=O) groups excluding carboxylic acids is 1. The molecular formula is C11H14N2O2. The molecule has 1 rings (SSSR count). The number of nitrogens with zero attached hydrogens (tertiary/aromatic N) is 2. The van der Waals surface area contributed by atoms with Crippen molar-refractivity contribution in [1.29, 1.82) is 0 Å². The molecule has 0 aliphatic rings. The molecule has 4 heteroatoms. The molecule has 15 heavy (non-hydrogen) atoms. The summed E-state index contributed by atoms with van der Waals surface area (Å²) in [5.74, 6) is -0.374. The van der Waals surface area contributed by atoms with Crippen LogP contribution in [0.3, 0.4) is 0 Å². The molecular weight excluding hydrogens is 192 g/mol. The Morgan fingerprint density at radius 1 is 1.53 bits per heavy atom. The summed E-state index contributed by atoms with van der Waals surface area (Å²) >= 11 is 0. The molecule has 0 aliphatic heterocycles. The highest BCUT2D eigenvalue weighted by Crippen LogP contribution is 2.10. The Bertz CT molecular complexity index is 373. The van der Waals surface area contributed by atoms with E-state index in [1.807, 2.05) is 31.3 Å². The van der Waals surface area contributed by atoms with Crippen LogP contribution in [0.25, 0.3) is 6.08 Å². The van der Waals surface area contributed by atoms with Crippen molar-refractivity contribution in [3.63, 3.8) is 0 Å². The molecule has 0 spiro atoms. The average Bonchev–Trinajstić information content (AvgIpc) is 2.25. The van der Waals surface area contributed by atoms with Gasteiger partial charge in [0.2, 0.25) is 0 Å². The number of ether oxygens (including phenoxy) is 1. The van der Waals surface area contributed by atoms with E-state index >= 15 is 0 Å². The first-order valence-corrected chi connectivity index (χ1v) is 4.52. The fraction of sp³-hybridized carbons (Fsp3) is 0.273. The van der Waals surface area contributed by atoms with Gasteiger partial charge in [-0.2, -0.15) is 0 Å². The summed E-state index contributed by atoms with van der Waals surface area (Å²) in [5.41, 5.74) is 1.27. The lowest BCUT2D eigenvalue weighted by molar-refractivity contribution is 0.0600. The zero-order valence-electron chi connectivity index (χ0n) is 9.10. The molecule has 0 N–H and O–H groups in total. The lowest BCUT2D eigenvalue weighted by Gasteiger charge is -2.05. The Hall–Kier alpha value is -1.84. The zero-order valence-corrected chi connectivity index (χ0v) is 9.10. The molecule has 1 aromatic heterocycles. The molecule has 0 aliphatic carbocycles. The van der Waals surface area contributed by atoms with E-state index in [-0.39, 0.29) is 5.97 Å². The number of hydrogen-bond acceptors (Lipinski definition) is 4. The molecule has 0 saturated heterocycles. The molecule has 0 atom stereocenters. The quantitative estimate of drug-likeness (QED) is 0.701. The van der Waals surface area contributed by atoms with Gasteiger partial charge in [0.05, 0.1) is 12.7 Å². The minimum Gasteiger partial charge on any atom is -0.465 e. The largest absolute Gasteiger partial charge is 0.465 e. The Morgan fingerprint density at radius 2 is 2.27 bits per heavy atom. The van der Waals surface area contributed by atoms with E-state index in [2.05, 4.69) is 9.72 Å². The number of carbonyl (C=O) groups is 1. The van der Waals surface area contributed by atoms with E-state index < -0.39 is 0 Å². The van der Waals surface area contributed by atoms with E-state index in [0.29, 0.717) is 5.56 Å². The standard InChI is InChI=1S/C11H14N2O2/c1-13(2)7-5-9-4-6-12-8-10(9)11(14)15-3/h4-8H,1-3H3/b7-5+. The summed E-state index contributed by atoms with van der Waals surface area (Å²) in [6.45, 7) is 0. The van der Waals surface area contributed by atoms with Gasteiger partial charge in [0.25, 0.3) is 0 Å². The highest BCUT2D eigenvalue weighted by molar-refractivity contribution is 5.93. The fourth-order valence-corrected chi connectivity index (χ4v) is 1.06. The van der Waals surface area contributed by atoms with Crippen molar-refractivity contribution in [3.05, 3.63) is 35.8 Å². The Balaban J connectivity index is 3.01. The van der Waals surface area contributed by atoms with Gasteiger partial charge in [-0.15, -0.1) is 0 Å². The van der Waals surface area contributed by atoms with E-state index in [0.717, 1.165) is 5.56 Å². The highest BCUT2D eigenvalue weighted by atomic mass is 16.5. The average molecular weight is 206 g/mol. The van der Waals surface area contributed by atoms with Gasteiger partial charge < -0.3 is 9.64 Å². The number of esters is 1. The van der Waals surface area contributed by atoms with Crippen LogP contribution >= 0.6 is 0 Å². The summed E-state index contributed by atoms with van der Waals surface area (Å²) < 4.78 is 4.66. The van der Waals surface area contributed by atoms with E-state index in [4.69, 9.17) is 0 Å². The van der Waals surface area contributed by atoms with E-state index in [1.54, 1.807) is 12.3 Å². The third kappa shape index (κ3) is 3.09. The molecule has 0 aromatic carbocycles. The normalized spacial score (nSPS) is 10.3. The van der Waals surface area contributed by atoms with E-state index in [9.17, 15) is 4.79 Å². The predicted molar refractivity (Wildman–Crippen MR) is 58.3 cm³/mol. The zero-order chi connectivity index (χ0) is 11.3. The van der Waals surface area contributed by atoms with Gasteiger partial charge in [-0.25, -0.2) is 4.79 Å². The van der Waals surface area contributed by atoms with Crippen LogP contribution < -0.4 is 0 Å². The molecule has 0 unspecified atom stereocenters. The van der Waals surface area contributed by atoms with Crippen molar-refractivity contribution in [1.82, 2.24) is 9.88 Å².